The highest BCUT2D eigenvalue weighted by atomic mass is 19.1. The number of hydrogen-bond acceptors (Lipinski definition) is 2. The molecule has 0 fully saturated rings. The first kappa shape index (κ1) is 34.0. The van der Waals surface area contributed by atoms with Crippen molar-refractivity contribution >= 4 is 65.2 Å². The van der Waals surface area contributed by atoms with E-state index in [4.69, 9.17) is 9.97 Å². The molecule has 8 heteroatoms. The van der Waals surface area contributed by atoms with Crippen molar-refractivity contribution in [2.75, 3.05) is 0 Å². The van der Waals surface area contributed by atoms with Crippen LogP contribution in [0.3, 0.4) is 0 Å². The Morgan fingerprint density at radius 3 is 1.00 bits per heavy atom. The molecule has 0 N–H and O–H groups in total. The highest BCUT2D eigenvalue weighted by Crippen LogP contribution is 2.46. The fraction of sp³-hybridized carbons (Fsp3) is 0.0400. The lowest BCUT2D eigenvalue weighted by molar-refractivity contribution is 0.628. The average Bonchev–Trinajstić information content (AvgIpc) is 3.71. The number of nitrogens with zero attached hydrogens (tertiary/aromatic N) is 4. The van der Waals surface area contributed by atoms with Gasteiger partial charge in [-0.1, -0.05) is 24.3 Å². The van der Waals surface area contributed by atoms with Gasteiger partial charge in [-0.15, -0.1) is 0 Å². The van der Waals surface area contributed by atoms with E-state index in [1.807, 2.05) is 71.8 Å². The first-order chi connectivity index (χ1) is 28.2. The van der Waals surface area contributed by atoms with Gasteiger partial charge in [0.05, 0.1) is 33.5 Å². The number of fused-ring (bicyclic) bond motifs is 8. The van der Waals surface area contributed by atoms with Crippen LogP contribution in [0.5, 0.6) is 0 Å². The fourth-order valence-electron chi connectivity index (χ4n) is 8.76. The molecule has 11 aromatic rings. The van der Waals surface area contributed by atoms with Gasteiger partial charge in [-0.25, -0.2) is 17.6 Å². The van der Waals surface area contributed by atoms with Gasteiger partial charge in [0.15, 0.2) is 0 Å². The van der Waals surface area contributed by atoms with Gasteiger partial charge in [0.1, 0.15) is 23.3 Å². The molecule has 0 amide bonds. The van der Waals surface area contributed by atoms with E-state index in [2.05, 4.69) is 24.3 Å². The molecule has 7 aromatic carbocycles. The third kappa shape index (κ3) is 5.14. The van der Waals surface area contributed by atoms with Crippen LogP contribution < -0.4 is 0 Å². The summed E-state index contributed by atoms with van der Waals surface area (Å²) in [6, 6.07) is 39.0. The Bertz CT molecular complexity index is 3160. The smallest absolute Gasteiger partial charge is 0.123 e. The highest BCUT2D eigenvalue weighted by molar-refractivity contribution is 6.22. The third-order valence-electron chi connectivity index (χ3n) is 11.3. The number of rotatable bonds is 4. The predicted molar refractivity (Wildman–Crippen MR) is 226 cm³/mol. The Hall–Kier alpha value is -7.32. The maximum Gasteiger partial charge on any atom is 0.123 e. The Morgan fingerprint density at radius 2 is 0.690 bits per heavy atom. The van der Waals surface area contributed by atoms with E-state index >= 15 is 0 Å². The number of aryl methyl sites for hydroxylation is 2. The van der Waals surface area contributed by atoms with Gasteiger partial charge < -0.3 is 9.13 Å². The summed E-state index contributed by atoms with van der Waals surface area (Å²) in [6.45, 7) is 4.00. The normalized spacial score (nSPS) is 12.0. The van der Waals surface area contributed by atoms with Crippen molar-refractivity contribution < 1.29 is 17.6 Å². The van der Waals surface area contributed by atoms with Crippen LogP contribution in [-0.4, -0.2) is 19.1 Å². The van der Waals surface area contributed by atoms with Crippen molar-refractivity contribution in [2.24, 2.45) is 0 Å². The summed E-state index contributed by atoms with van der Waals surface area (Å²) in [5.74, 6) is -1.60. The summed E-state index contributed by atoms with van der Waals surface area (Å²) < 4.78 is 62.8. The third-order valence-corrected chi connectivity index (χ3v) is 11.3. The Labute approximate surface area is 328 Å². The van der Waals surface area contributed by atoms with E-state index in [-0.39, 0.29) is 0 Å². The molecule has 0 saturated carbocycles. The largest absolute Gasteiger partial charge is 0.309 e. The minimum absolute atomic E-state index is 0.400. The molecule has 0 aliphatic carbocycles. The number of pyridine rings is 2. The molecule has 0 aliphatic rings. The molecule has 0 atom stereocenters. The highest BCUT2D eigenvalue weighted by Gasteiger charge is 2.22. The molecule has 4 nitrogen and oxygen atoms in total. The molecule has 0 spiro atoms. The first-order valence-electron chi connectivity index (χ1n) is 18.9. The van der Waals surface area contributed by atoms with Gasteiger partial charge in [-0.3, -0.25) is 9.97 Å². The monoisotopic (exact) mass is 762 g/mol. The zero-order valence-corrected chi connectivity index (χ0v) is 31.2. The summed E-state index contributed by atoms with van der Waals surface area (Å²) in [5.41, 5.74) is 9.96. The van der Waals surface area contributed by atoms with Crippen molar-refractivity contribution in [3.8, 4) is 33.9 Å². The lowest BCUT2D eigenvalue weighted by Gasteiger charge is -2.20. The summed E-state index contributed by atoms with van der Waals surface area (Å²) >= 11 is 0. The average molecular weight is 763 g/mol. The second kappa shape index (κ2) is 12.6. The maximum absolute atomic E-state index is 14.7. The van der Waals surface area contributed by atoms with Gasteiger partial charge in [0, 0.05) is 56.4 Å². The minimum atomic E-state index is -0.400. The fourth-order valence-corrected chi connectivity index (χ4v) is 8.76. The molecule has 11 rings (SSSR count). The van der Waals surface area contributed by atoms with Gasteiger partial charge in [-0.2, -0.15) is 0 Å². The van der Waals surface area contributed by atoms with Crippen LogP contribution >= 0.6 is 0 Å². The van der Waals surface area contributed by atoms with Crippen molar-refractivity contribution in [2.45, 2.75) is 13.8 Å². The van der Waals surface area contributed by atoms with Gasteiger partial charge >= 0.3 is 0 Å². The SMILES string of the molecule is Cc1ccc(-c2c3ccc(-n4c5ccc(F)cc5c5cc(F)ccc54)cc3c(-c3ccc(C)cn3)c3ccc(-n4c5ccc(F)cc5c5cc(F)ccc54)cc23)nc1. The molecule has 0 bridgehead atoms. The molecule has 4 aromatic heterocycles. The van der Waals surface area contributed by atoms with Crippen LogP contribution in [0.1, 0.15) is 11.1 Å². The maximum atomic E-state index is 14.7. The predicted octanol–water partition coefficient (Wildman–Crippen LogP) is 13.5. The molecular formula is C50H30F4N4. The van der Waals surface area contributed by atoms with Crippen LogP contribution in [0.15, 0.2) is 146 Å². The van der Waals surface area contributed by atoms with Crippen molar-refractivity contribution in [1.29, 1.82) is 0 Å². The first-order valence-corrected chi connectivity index (χ1v) is 18.9. The van der Waals surface area contributed by atoms with Gasteiger partial charge in [-0.05, 0) is 156 Å². The van der Waals surface area contributed by atoms with Crippen LogP contribution in [-0.2, 0) is 0 Å². The van der Waals surface area contributed by atoms with E-state index in [1.165, 1.54) is 48.5 Å². The minimum Gasteiger partial charge on any atom is -0.309 e. The molecule has 0 aliphatic heterocycles. The number of hydrogen-bond donors (Lipinski definition) is 0. The zero-order valence-electron chi connectivity index (χ0n) is 31.2. The molecular weight excluding hydrogens is 733 g/mol. The number of halogens is 4. The van der Waals surface area contributed by atoms with E-state index < -0.39 is 23.3 Å². The van der Waals surface area contributed by atoms with Crippen LogP contribution in [0, 0.1) is 37.1 Å². The van der Waals surface area contributed by atoms with Gasteiger partial charge in [0.25, 0.3) is 0 Å². The molecule has 0 saturated heterocycles. The van der Waals surface area contributed by atoms with E-state index in [0.29, 0.717) is 21.5 Å². The second-order valence-corrected chi connectivity index (χ2v) is 15.0. The Morgan fingerprint density at radius 1 is 0.345 bits per heavy atom. The van der Waals surface area contributed by atoms with E-state index in [0.717, 1.165) is 88.6 Å². The number of benzene rings is 7. The van der Waals surface area contributed by atoms with Crippen LogP contribution in [0.25, 0.3) is 99.0 Å². The summed E-state index contributed by atoms with van der Waals surface area (Å²) in [7, 11) is 0. The lowest BCUT2D eigenvalue weighted by atomic mass is 9.88. The van der Waals surface area contributed by atoms with Crippen molar-refractivity contribution in [3.05, 3.63) is 180 Å². The summed E-state index contributed by atoms with van der Waals surface area (Å²) in [5, 5.41) is 6.12. The van der Waals surface area contributed by atoms with Crippen molar-refractivity contribution in [3.63, 3.8) is 0 Å². The number of aromatic nitrogens is 4. The Kier molecular flexibility index (Phi) is 7.38. The topological polar surface area (TPSA) is 35.6 Å². The van der Waals surface area contributed by atoms with E-state index in [1.54, 1.807) is 24.3 Å². The summed E-state index contributed by atoms with van der Waals surface area (Å²) in [4.78, 5) is 9.93. The molecule has 4 heterocycles. The van der Waals surface area contributed by atoms with Crippen LogP contribution in [0.4, 0.5) is 17.6 Å². The standard InChI is InChI=1S/C50H30F4N4/c1-27-3-13-43(55-25-27)49-35-11-9-34(58-47-17-7-31(53)21-39(47)40-22-32(54)8-18-48(40)58)24-42(35)50(44-14-4-28(2)26-56-44)36-12-10-33(23-41(36)49)57-45-15-5-29(51)19-37(45)38-20-30(52)6-16-46(38)57/h3-26H,1-2H3. The zero-order chi connectivity index (χ0) is 39.4. The van der Waals surface area contributed by atoms with Crippen LogP contribution in [0.2, 0.25) is 0 Å². The second-order valence-electron chi connectivity index (χ2n) is 15.0. The van der Waals surface area contributed by atoms with Gasteiger partial charge in [0.2, 0.25) is 0 Å². The molecule has 58 heavy (non-hydrogen) atoms. The lowest BCUT2D eigenvalue weighted by Crippen LogP contribution is -1.99. The van der Waals surface area contributed by atoms with Crippen molar-refractivity contribution in [1.82, 2.24) is 19.1 Å². The molecule has 0 unspecified atom stereocenters. The molecule has 278 valence electrons. The van der Waals surface area contributed by atoms with E-state index in [9.17, 15) is 17.6 Å². The Balaban J connectivity index is 1.28. The quantitative estimate of drug-likeness (QED) is 0.132. The summed E-state index contributed by atoms with van der Waals surface area (Å²) in [6.07, 6.45) is 3.71. The molecule has 0 radical (unpaired) electrons.